The number of halogens is 3. The standard InChI is InChI=1S/C9H4F3NO/c10-5-1-2-6(7(11)3-5)9-8(12)4-13-14-9/h1-4H. The molecule has 0 aliphatic carbocycles. The van der Waals surface area contributed by atoms with Crippen LogP contribution in [0.1, 0.15) is 0 Å². The minimum atomic E-state index is -0.888. The molecule has 0 fully saturated rings. The topological polar surface area (TPSA) is 26.0 Å². The van der Waals surface area contributed by atoms with E-state index in [-0.39, 0.29) is 11.3 Å². The van der Waals surface area contributed by atoms with Crippen molar-refractivity contribution in [3.63, 3.8) is 0 Å². The van der Waals surface area contributed by atoms with Gasteiger partial charge in [0.1, 0.15) is 17.8 Å². The number of benzene rings is 1. The zero-order chi connectivity index (χ0) is 10.1. The lowest BCUT2D eigenvalue weighted by atomic mass is 10.1. The average Bonchev–Trinajstić information content (AvgIpc) is 2.52. The minimum Gasteiger partial charge on any atom is -0.353 e. The van der Waals surface area contributed by atoms with E-state index in [4.69, 9.17) is 0 Å². The van der Waals surface area contributed by atoms with Gasteiger partial charge in [-0.15, -0.1) is 0 Å². The van der Waals surface area contributed by atoms with Gasteiger partial charge in [-0.2, -0.15) is 0 Å². The third-order valence-corrected chi connectivity index (χ3v) is 1.70. The van der Waals surface area contributed by atoms with Crippen LogP contribution >= 0.6 is 0 Å². The van der Waals surface area contributed by atoms with E-state index < -0.39 is 17.5 Å². The Balaban J connectivity index is 2.58. The van der Waals surface area contributed by atoms with Gasteiger partial charge in [0.25, 0.3) is 0 Å². The summed E-state index contributed by atoms with van der Waals surface area (Å²) in [4.78, 5) is 0. The molecule has 1 heterocycles. The van der Waals surface area contributed by atoms with E-state index in [1.54, 1.807) is 0 Å². The van der Waals surface area contributed by atoms with Crippen molar-refractivity contribution in [1.82, 2.24) is 5.16 Å². The summed E-state index contributed by atoms with van der Waals surface area (Å²) >= 11 is 0. The van der Waals surface area contributed by atoms with Crippen molar-refractivity contribution in [1.29, 1.82) is 0 Å². The predicted molar refractivity (Wildman–Crippen MR) is 41.8 cm³/mol. The van der Waals surface area contributed by atoms with Crippen molar-refractivity contribution in [3.05, 3.63) is 41.8 Å². The van der Waals surface area contributed by atoms with Gasteiger partial charge >= 0.3 is 0 Å². The summed E-state index contributed by atoms with van der Waals surface area (Å²) in [6.45, 7) is 0. The fourth-order valence-electron chi connectivity index (χ4n) is 1.08. The van der Waals surface area contributed by atoms with Gasteiger partial charge < -0.3 is 4.52 Å². The summed E-state index contributed by atoms with van der Waals surface area (Å²) in [7, 11) is 0. The molecule has 0 atom stereocenters. The summed E-state index contributed by atoms with van der Waals surface area (Å²) in [5.41, 5.74) is -0.151. The molecule has 0 spiro atoms. The number of aromatic nitrogens is 1. The summed E-state index contributed by atoms with van der Waals surface area (Å²) in [5, 5.41) is 3.15. The first kappa shape index (κ1) is 8.80. The highest BCUT2D eigenvalue weighted by Gasteiger charge is 2.15. The van der Waals surface area contributed by atoms with Gasteiger partial charge in [0, 0.05) is 6.07 Å². The Morgan fingerprint density at radius 3 is 2.43 bits per heavy atom. The smallest absolute Gasteiger partial charge is 0.205 e. The SMILES string of the molecule is Fc1ccc(-c2oncc2F)c(F)c1. The van der Waals surface area contributed by atoms with Crippen LogP contribution in [-0.4, -0.2) is 5.16 Å². The van der Waals surface area contributed by atoms with E-state index in [2.05, 4.69) is 9.68 Å². The predicted octanol–water partition coefficient (Wildman–Crippen LogP) is 2.76. The molecule has 0 radical (unpaired) electrons. The van der Waals surface area contributed by atoms with Crippen LogP contribution in [0.15, 0.2) is 28.9 Å². The molecule has 0 saturated carbocycles. The normalized spacial score (nSPS) is 10.5. The molecule has 2 nitrogen and oxygen atoms in total. The summed E-state index contributed by atoms with van der Waals surface area (Å²) in [5.74, 6) is -2.73. The first-order valence-corrected chi connectivity index (χ1v) is 3.74. The Hall–Kier alpha value is -1.78. The van der Waals surface area contributed by atoms with Gasteiger partial charge in [0.15, 0.2) is 5.82 Å². The third-order valence-electron chi connectivity index (χ3n) is 1.70. The Kier molecular flexibility index (Phi) is 1.99. The van der Waals surface area contributed by atoms with Crippen LogP contribution in [0.2, 0.25) is 0 Å². The maximum absolute atomic E-state index is 13.1. The summed E-state index contributed by atoms with van der Waals surface area (Å²) < 4.78 is 43.0. The molecule has 2 rings (SSSR count). The molecule has 0 saturated heterocycles. The van der Waals surface area contributed by atoms with Gasteiger partial charge in [0.2, 0.25) is 5.76 Å². The quantitative estimate of drug-likeness (QED) is 0.705. The number of nitrogens with zero attached hydrogens (tertiary/aromatic N) is 1. The largest absolute Gasteiger partial charge is 0.353 e. The third kappa shape index (κ3) is 1.37. The molecule has 0 amide bonds. The molecule has 14 heavy (non-hydrogen) atoms. The highest BCUT2D eigenvalue weighted by Crippen LogP contribution is 2.25. The van der Waals surface area contributed by atoms with Gasteiger partial charge in [-0.05, 0) is 12.1 Å². The van der Waals surface area contributed by atoms with E-state index in [9.17, 15) is 13.2 Å². The van der Waals surface area contributed by atoms with Crippen LogP contribution in [0.25, 0.3) is 11.3 Å². The first-order chi connectivity index (χ1) is 6.68. The lowest BCUT2D eigenvalue weighted by Gasteiger charge is -1.97. The highest BCUT2D eigenvalue weighted by atomic mass is 19.1. The molecule has 2 aromatic rings. The lowest BCUT2D eigenvalue weighted by Crippen LogP contribution is -1.86. The van der Waals surface area contributed by atoms with Crippen LogP contribution in [0.4, 0.5) is 13.2 Å². The van der Waals surface area contributed by atoms with Gasteiger partial charge in [-0.25, -0.2) is 13.2 Å². The zero-order valence-electron chi connectivity index (χ0n) is 6.80. The van der Waals surface area contributed by atoms with E-state index in [0.717, 1.165) is 18.3 Å². The fraction of sp³-hybridized carbons (Fsp3) is 0. The molecular formula is C9H4F3NO. The molecule has 5 heteroatoms. The molecule has 1 aromatic heterocycles. The van der Waals surface area contributed by atoms with Crippen molar-refractivity contribution >= 4 is 0 Å². The van der Waals surface area contributed by atoms with Gasteiger partial charge in [-0.3, -0.25) is 0 Å². The molecule has 0 bridgehead atoms. The van der Waals surface area contributed by atoms with Gasteiger partial charge in [-0.1, -0.05) is 5.16 Å². The van der Waals surface area contributed by atoms with Crippen LogP contribution < -0.4 is 0 Å². The lowest BCUT2D eigenvalue weighted by molar-refractivity contribution is 0.425. The summed E-state index contributed by atoms with van der Waals surface area (Å²) in [6, 6.07) is 2.76. The van der Waals surface area contributed by atoms with E-state index >= 15 is 0 Å². The van der Waals surface area contributed by atoms with Crippen molar-refractivity contribution in [3.8, 4) is 11.3 Å². The van der Waals surface area contributed by atoms with Crippen molar-refractivity contribution < 1.29 is 17.7 Å². The highest BCUT2D eigenvalue weighted by molar-refractivity contribution is 5.57. The molecule has 0 unspecified atom stereocenters. The zero-order valence-corrected chi connectivity index (χ0v) is 6.80. The molecule has 0 aliphatic heterocycles. The van der Waals surface area contributed by atoms with Gasteiger partial charge in [0.05, 0.1) is 5.56 Å². The van der Waals surface area contributed by atoms with Crippen molar-refractivity contribution in [2.75, 3.05) is 0 Å². The molecule has 72 valence electrons. The maximum atomic E-state index is 13.1. The summed E-state index contributed by atoms with van der Waals surface area (Å²) in [6.07, 6.45) is 0.818. The van der Waals surface area contributed by atoms with Crippen LogP contribution in [0.3, 0.4) is 0 Å². The molecule has 0 N–H and O–H groups in total. The fourth-order valence-corrected chi connectivity index (χ4v) is 1.08. The maximum Gasteiger partial charge on any atom is 0.205 e. The monoisotopic (exact) mass is 199 g/mol. The second-order valence-corrected chi connectivity index (χ2v) is 2.63. The van der Waals surface area contributed by atoms with E-state index in [0.29, 0.717) is 6.07 Å². The number of hydrogen-bond donors (Lipinski definition) is 0. The van der Waals surface area contributed by atoms with E-state index in [1.807, 2.05) is 0 Å². The van der Waals surface area contributed by atoms with Crippen molar-refractivity contribution in [2.24, 2.45) is 0 Å². The van der Waals surface area contributed by atoms with Crippen molar-refractivity contribution in [2.45, 2.75) is 0 Å². The molecule has 0 aliphatic rings. The number of hydrogen-bond acceptors (Lipinski definition) is 2. The Morgan fingerprint density at radius 1 is 1.07 bits per heavy atom. The molecular weight excluding hydrogens is 195 g/mol. The Bertz CT molecular complexity index is 467. The van der Waals surface area contributed by atoms with Crippen LogP contribution in [0.5, 0.6) is 0 Å². The average molecular weight is 199 g/mol. The second-order valence-electron chi connectivity index (χ2n) is 2.63. The Morgan fingerprint density at radius 2 is 1.86 bits per heavy atom. The minimum absolute atomic E-state index is 0.151. The molecule has 1 aromatic carbocycles. The van der Waals surface area contributed by atoms with E-state index in [1.165, 1.54) is 0 Å². The second kappa shape index (κ2) is 3.17. The number of rotatable bonds is 1. The first-order valence-electron chi connectivity index (χ1n) is 3.74. The van der Waals surface area contributed by atoms with Crippen LogP contribution in [-0.2, 0) is 0 Å². The van der Waals surface area contributed by atoms with Crippen LogP contribution in [0, 0.1) is 17.5 Å². The Labute approximate surface area is 77.0 Å².